The fourth-order valence-corrected chi connectivity index (χ4v) is 2.28. The molecule has 0 spiro atoms. The SMILES string of the molecule is O=[N+]([O-])C1=Cc2ccccc2NC1c1ccccc1. The lowest BCUT2D eigenvalue weighted by Crippen LogP contribution is -2.21. The van der Waals surface area contributed by atoms with E-state index in [1.54, 1.807) is 6.08 Å². The quantitative estimate of drug-likeness (QED) is 0.657. The van der Waals surface area contributed by atoms with Gasteiger partial charge in [-0.15, -0.1) is 0 Å². The molecule has 1 unspecified atom stereocenters. The lowest BCUT2D eigenvalue weighted by atomic mass is 9.97. The van der Waals surface area contributed by atoms with Crippen molar-refractivity contribution in [3.63, 3.8) is 0 Å². The predicted molar refractivity (Wildman–Crippen MR) is 74.2 cm³/mol. The molecule has 2 aromatic carbocycles. The molecule has 0 saturated carbocycles. The van der Waals surface area contributed by atoms with Gasteiger partial charge in [0, 0.05) is 17.3 Å². The van der Waals surface area contributed by atoms with E-state index in [0.29, 0.717) is 0 Å². The number of nitrogens with one attached hydrogen (secondary N) is 1. The minimum atomic E-state index is -0.411. The Hall–Kier alpha value is -2.62. The summed E-state index contributed by atoms with van der Waals surface area (Å²) in [6, 6.07) is 16.6. The molecule has 0 saturated heterocycles. The third-order valence-electron chi connectivity index (χ3n) is 3.20. The highest BCUT2D eigenvalue weighted by Crippen LogP contribution is 2.35. The Balaban J connectivity index is 2.10. The standard InChI is InChI=1S/C15H12N2O2/c18-17(19)14-10-12-8-4-5-9-13(12)16-15(14)11-6-2-1-3-7-11/h1-10,15-16H. The molecular weight excluding hydrogens is 240 g/mol. The van der Waals surface area contributed by atoms with Crippen LogP contribution in [-0.2, 0) is 0 Å². The summed E-state index contributed by atoms with van der Waals surface area (Å²) in [5.74, 6) is 0. The second-order valence-electron chi connectivity index (χ2n) is 4.40. The number of benzene rings is 2. The van der Waals surface area contributed by atoms with Crippen molar-refractivity contribution in [2.75, 3.05) is 5.32 Å². The summed E-state index contributed by atoms with van der Waals surface area (Å²) < 4.78 is 0. The first-order valence-corrected chi connectivity index (χ1v) is 6.02. The van der Waals surface area contributed by atoms with Crippen LogP contribution in [0.3, 0.4) is 0 Å². The van der Waals surface area contributed by atoms with Crippen LogP contribution < -0.4 is 5.32 Å². The zero-order chi connectivity index (χ0) is 13.2. The molecule has 1 aliphatic heterocycles. The number of para-hydroxylation sites is 1. The lowest BCUT2D eigenvalue weighted by Gasteiger charge is -2.23. The lowest BCUT2D eigenvalue weighted by molar-refractivity contribution is -0.427. The summed E-state index contributed by atoms with van der Waals surface area (Å²) in [5, 5.41) is 14.5. The van der Waals surface area contributed by atoms with Gasteiger partial charge in [0.25, 0.3) is 5.70 Å². The Morgan fingerprint density at radius 2 is 1.68 bits per heavy atom. The maximum atomic E-state index is 11.2. The minimum Gasteiger partial charge on any atom is -0.368 e. The Morgan fingerprint density at radius 1 is 1.00 bits per heavy atom. The molecule has 19 heavy (non-hydrogen) atoms. The van der Waals surface area contributed by atoms with Crippen LogP contribution in [0.1, 0.15) is 17.2 Å². The van der Waals surface area contributed by atoms with Crippen molar-refractivity contribution in [2.45, 2.75) is 6.04 Å². The second kappa shape index (κ2) is 4.57. The summed E-state index contributed by atoms with van der Waals surface area (Å²) in [6.07, 6.45) is 1.64. The fourth-order valence-electron chi connectivity index (χ4n) is 2.28. The number of hydrogen-bond donors (Lipinski definition) is 1. The van der Waals surface area contributed by atoms with Crippen LogP contribution in [0.4, 0.5) is 5.69 Å². The van der Waals surface area contributed by atoms with Gasteiger partial charge in [0.2, 0.25) is 0 Å². The van der Waals surface area contributed by atoms with E-state index in [-0.39, 0.29) is 10.6 Å². The van der Waals surface area contributed by atoms with Gasteiger partial charge in [0.05, 0.1) is 4.92 Å². The van der Waals surface area contributed by atoms with E-state index in [0.717, 1.165) is 16.8 Å². The molecular formula is C15H12N2O2. The van der Waals surface area contributed by atoms with E-state index in [1.165, 1.54) is 0 Å². The van der Waals surface area contributed by atoms with Crippen LogP contribution >= 0.6 is 0 Å². The van der Waals surface area contributed by atoms with E-state index in [4.69, 9.17) is 0 Å². The molecule has 0 amide bonds. The number of nitro groups is 1. The number of nitrogens with zero attached hydrogens (tertiary/aromatic N) is 1. The molecule has 1 N–H and O–H groups in total. The highest BCUT2D eigenvalue weighted by molar-refractivity contribution is 5.72. The van der Waals surface area contributed by atoms with Crippen molar-refractivity contribution >= 4 is 11.8 Å². The first-order valence-electron chi connectivity index (χ1n) is 6.02. The maximum Gasteiger partial charge on any atom is 0.273 e. The Kier molecular flexibility index (Phi) is 2.76. The molecule has 0 fully saturated rings. The van der Waals surface area contributed by atoms with E-state index in [1.807, 2.05) is 54.6 Å². The van der Waals surface area contributed by atoms with Gasteiger partial charge in [0.15, 0.2) is 0 Å². The summed E-state index contributed by atoms with van der Waals surface area (Å²) >= 11 is 0. The normalized spacial score (nSPS) is 17.1. The molecule has 0 radical (unpaired) electrons. The van der Waals surface area contributed by atoms with E-state index < -0.39 is 6.04 Å². The third kappa shape index (κ3) is 2.08. The molecule has 1 atom stereocenters. The van der Waals surface area contributed by atoms with Gasteiger partial charge in [-0.2, -0.15) is 0 Å². The minimum absolute atomic E-state index is 0.171. The van der Waals surface area contributed by atoms with Gasteiger partial charge < -0.3 is 5.32 Å². The van der Waals surface area contributed by atoms with Crippen molar-refractivity contribution in [1.29, 1.82) is 0 Å². The van der Waals surface area contributed by atoms with E-state index in [2.05, 4.69) is 5.32 Å². The van der Waals surface area contributed by atoms with Crippen LogP contribution in [0.5, 0.6) is 0 Å². The second-order valence-corrected chi connectivity index (χ2v) is 4.40. The van der Waals surface area contributed by atoms with Crippen molar-refractivity contribution < 1.29 is 4.92 Å². The highest BCUT2D eigenvalue weighted by atomic mass is 16.6. The molecule has 0 aromatic heterocycles. The zero-order valence-electron chi connectivity index (χ0n) is 10.1. The van der Waals surface area contributed by atoms with Crippen LogP contribution in [0.25, 0.3) is 6.08 Å². The summed E-state index contributed by atoms with van der Waals surface area (Å²) in [5.41, 5.74) is 2.83. The Bertz CT molecular complexity index is 650. The summed E-state index contributed by atoms with van der Waals surface area (Å²) in [6.45, 7) is 0. The van der Waals surface area contributed by atoms with Crippen molar-refractivity contribution in [2.24, 2.45) is 0 Å². The molecule has 4 heteroatoms. The predicted octanol–water partition coefficient (Wildman–Crippen LogP) is 3.47. The molecule has 1 aliphatic rings. The van der Waals surface area contributed by atoms with Gasteiger partial charge in [0.1, 0.15) is 6.04 Å². The highest BCUT2D eigenvalue weighted by Gasteiger charge is 2.30. The first-order chi connectivity index (χ1) is 9.25. The van der Waals surface area contributed by atoms with Crippen molar-refractivity contribution in [3.05, 3.63) is 81.5 Å². The smallest absolute Gasteiger partial charge is 0.273 e. The maximum absolute atomic E-state index is 11.2. The molecule has 94 valence electrons. The molecule has 1 heterocycles. The van der Waals surface area contributed by atoms with Crippen molar-refractivity contribution in [3.8, 4) is 0 Å². The summed E-state index contributed by atoms with van der Waals surface area (Å²) in [4.78, 5) is 10.9. The summed E-state index contributed by atoms with van der Waals surface area (Å²) in [7, 11) is 0. The third-order valence-corrected chi connectivity index (χ3v) is 3.20. The average Bonchev–Trinajstić information content (AvgIpc) is 2.46. The number of rotatable bonds is 2. The Morgan fingerprint density at radius 3 is 2.42 bits per heavy atom. The van der Waals surface area contributed by atoms with Gasteiger partial charge in [-0.3, -0.25) is 10.1 Å². The Labute approximate surface area is 110 Å². The monoisotopic (exact) mass is 252 g/mol. The fraction of sp³-hybridized carbons (Fsp3) is 0.0667. The largest absolute Gasteiger partial charge is 0.368 e. The van der Waals surface area contributed by atoms with Gasteiger partial charge in [-0.25, -0.2) is 0 Å². The van der Waals surface area contributed by atoms with Gasteiger partial charge in [-0.05, 0) is 11.6 Å². The molecule has 4 nitrogen and oxygen atoms in total. The topological polar surface area (TPSA) is 55.2 Å². The number of hydrogen-bond acceptors (Lipinski definition) is 3. The van der Waals surface area contributed by atoms with Gasteiger partial charge >= 0.3 is 0 Å². The van der Waals surface area contributed by atoms with E-state index in [9.17, 15) is 10.1 Å². The van der Waals surface area contributed by atoms with Crippen molar-refractivity contribution in [1.82, 2.24) is 0 Å². The van der Waals surface area contributed by atoms with Crippen LogP contribution in [0, 0.1) is 10.1 Å². The van der Waals surface area contributed by atoms with Gasteiger partial charge in [-0.1, -0.05) is 48.5 Å². The molecule has 3 rings (SSSR count). The van der Waals surface area contributed by atoms with Crippen LogP contribution in [0.2, 0.25) is 0 Å². The average molecular weight is 252 g/mol. The molecule has 0 aliphatic carbocycles. The van der Waals surface area contributed by atoms with Crippen LogP contribution in [0.15, 0.2) is 60.3 Å². The number of anilines is 1. The first kappa shape index (κ1) is 11.5. The number of fused-ring (bicyclic) bond motifs is 1. The van der Waals surface area contributed by atoms with E-state index >= 15 is 0 Å². The molecule has 2 aromatic rings. The molecule has 0 bridgehead atoms. The zero-order valence-corrected chi connectivity index (χ0v) is 10.1. The van der Waals surface area contributed by atoms with Crippen LogP contribution in [-0.4, -0.2) is 4.92 Å².